The largest absolute Gasteiger partial charge is 0.483 e. The monoisotopic (exact) mass is 460 g/mol. The molecule has 178 valence electrons. The normalized spacial score (nSPS) is 18.0. The van der Waals surface area contributed by atoms with Crippen LogP contribution in [0.3, 0.4) is 0 Å². The van der Waals surface area contributed by atoms with Crippen molar-refractivity contribution in [1.82, 2.24) is 4.90 Å². The molecule has 8 nitrogen and oxygen atoms in total. The van der Waals surface area contributed by atoms with Gasteiger partial charge in [0.2, 0.25) is 0 Å². The summed E-state index contributed by atoms with van der Waals surface area (Å²) in [7, 11) is 1.50. The van der Waals surface area contributed by atoms with E-state index in [1.807, 2.05) is 30.3 Å². The van der Waals surface area contributed by atoms with Gasteiger partial charge in [0.1, 0.15) is 24.4 Å². The van der Waals surface area contributed by atoms with Gasteiger partial charge in [-0.3, -0.25) is 5.32 Å². The zero-order chi connectivity index (χ0) is 24.0. The van der Waals surface area contributed by atoms with Crippen LogP contribution in [0.5, 0.6) is 5.75 Å². The minimum atomic E-state index is -0.790. The smallest absolute Gasteiger partial charge is 0.412 e. The molecule has 2 unspecified atom stereocenters. The van der Waals surface area contributed by atoms with Gasteiger partial charge >= 0.3 is 12.2 Å². The van der Waals surface area contributed by atoms with Gasteiger partial charge in [-0.15, -0.1) is 0 Å². The first-order valence-corrected chi connectivity index (χ1v) is 10.6. The molecule has 3 rings (SSSR count). The highest BCUT2D eigenvalue weighted by Gasteiger charge is 2.39. The molecule has 9 heteroatoms. The van der Waals surface area contributed by atoms with E-state index in [9.17, 15) is 9.59 Å². The number of halogens is 1. The van der Waals surface area contributed by atoms with Gasteiger partial charge in [0.25, 0.3) is 0 Å². The second-order valence-electron chi connectivity index (χ2n) is 8.62. The number of benzene rings is 2. The Balaban J connectivity index is 1.62. The van der Waals surface area contributed by atoms with Crippen molar-refractivity contribution in [2.75, 3.05) is 25.5 Å². The van der Waals surface area contributed by atoms with Gasteiger partial charge in [0.15, 0.2) is 11.6 Å². The molecule has 0 aromatic heterocycles. The first kappa shape index (κ1) is 24.3. The van der Waals surface area contributed by atoms with E-state index in [1.165, 1.54) is 24.1 Å². The molecular weight excluding hydrogens is 431 g/mol. The summed E-state index contributed by atoms with van der Waals surface area (Å²) in [5.74, 6) is -0.825. The van der Waals surface area contributed by atoms with Crippen LogP contribution in [0.25, 0.3) is 0 Å². The van der Waals surface area contributed by atoms with E-state index in [0.717, 1.165) is 5.56 Å². The number of hydrogen-bond donors (Lipinski definition) is 1. The van der Waals surface area contributed by atoms with Crippen molar-refractivity contribution >= 4 is 17.9 Å². The van der Waals surface area contributed by atoms with E-state index in [2.05, 4.69) is 5.32 Å². The van der Waals surface area contributed by atoms with Crippen molar-refractivity contribution in [3.8, 4) is 5.75 Å². The Morgan fingerprint density at radius 1 is 1.06 bits per heavy atom. The van der Waals surface area contributed by atoms with E-state index in [1.54, 1.807) is 26.8 Å². The molecule has 1 fully saturated rings. The third-order valence-electron chi connectivity index (χ3n) is 4.86. The quantitative estimate of drug-likeness (QED) is 0.679. The van der Waals surface area contributed by atoms with Crippen molar-refractivity contribution in [2.24, 2.45) is 0 Å². The highest BCUT2D eigenvalue weighted by Crippen LogP contribution is 2.28. The molecule has 1 aliphatic rings. The molecule has 2 amide bonds. The van der Waals surface area contributed by atoms with Gasteiger partial charge in [-0.1, -0.05) is 36.4 Å². The lowest BCUT2D eigenvalue weighted by molar-refractivity contribution is 0.0239. The van der Waals surface area contributed by atoms with E-state index in [0.29, 0.717) is 0 Å². The summed E-state index contributed by atoms with van der Waals surface area (Å²) in [6, 6.07) is 13.5. The fraction of sp³-hybridized carbons (Fsp3) is 0.417. The Bertz CT molecular complexity index is 963. The summed E-state index contributed by atoms with van der Waals surface area (Å²) in [5.41, 5.74) is 0.0907. The zero-order valence-electron chi connectivity index (χ0n) is 19.2. The topological polar surface area (TPSA) is 86.3 Å². The first-order chi connectivity index (χ1) is 15.7. The van der Waals surface area contributed by atoms with Gasteiger partial charge in [-0.05, 0) is 38.5 Å². The van der Waals surface area contributed by atoms with Crippen LogP contribution in [0.4, 0.5) is 19.7 Å². The van der Waals surface area contributed by atoms with Crippen LogP contribution in [0, 0.1) is 5.82 Å². The van der Waals surface area contributed by atoms with Crippen LogP contribution >= 0.6 is 0 Å². The maximum absolute atomic E-state index is 15.0. The van der Waals surface area contributed by atoms with E-state index in [4.69, 9.17) is 18.9 Å². The van der Waals surface area contributed by atoms with Crippen LogP contribution in [0.2, 0.25) is 0 Å². The number of nitrogens with one attached hydrogen (secondary N) is 1. The molecule has 1 aliphatic heterocycles. The maximum Gasteiger partial charge on any atom is 0.412 e. The molecule has 1 heterocycles. The molecule has 2 aromatic rings. The summed E-state index contributed by atoms with van der Waals surface area (Å²) in [5, 5.41) is 2.39. The number of carbonyl (C=O) groups excluding carboxylic acids is 2. The van der Waals surface area contributed by atoms with Crippen molar-refractivity contribution < 1.29 is 32.9 Å². The summed E-state index contributed by atoms with van der Waals surface area (Å²) in [6.07, 6.45) is -2.36. The molecule has 0 bridgehead atoms. The minimum absolute atomic E-state index is 0.0581. The molecule has 1 N–H and O–H groups in total. The molecular formula is C24H29FN2O6. The molecule has 1 saturated heterocycles. The number of carbonyl (C=O) groups is 2. The van der Waals surface area contributed by atoms with E-state index < -0.39 is 35.8 Å². The predicted octanol–water partition coefficient (Wildman–Crippen LogP) is 4.59. The minimum Gasteiger partial charge on any atom is -0.483 e. The highest BCUT2D eigenvalue weighted by atomic mass is 19.1. The Labute approximate surface area is 192 Å². The lowest BCUT2D eigenvalue weighted by Crippen LogP contribution is -2.36. The third kappa shape index (κ3) is 6.82. The number of hydrogen-bond acceptors (Lipinski definition) is 6. The number of nitrogens with zero attached hydrogens (tertiary/aromatic N) is 1. The molecule has 0 spiro atoms. The van der Waals surface area contributed by atoms with Crippen LogP contribution in [-0.4, -0.2) is 55.1 Å². The predicted molar refractivity (Wildman–Crippen MR) is 120 cm³/mol. The number of ether oxygens (including phenoxy) is 4. The van der Waals surface area contributed by atoms with E-state index >= 15 is 4.39 Å². The molecule has 0 aliphatic carbocycles. The van der Waals surface area contributed by atoms with Crippen LogP contribution in [0.15, 0.2) is 48.5 Å². The number of likely N-dealkylation sites (tertiary alicyclic amines) is 1. The first-order valence-electron chi connectivity index (χ1n) is 10.6. The number of rotatable bonds is 6. The fourth-order valence-corrected chi connectivity index (χ4v) is 3.29. The molecule has 0 radical (unpaired) electrons. The van der Waals surface area contributed by atoms with Crippen molar-refractivity contribution in [1.29, 1.82) is 0 Å². The Hall–Kier alpha value is -3.33. The molecule has 2 aromatic carbocycles. The average molecular weight is 461 g/mol. The van der Waals surface area contributed by atoms with Gasteiger partial charge in [-0.2, -0.15) is 0 Å². The molecule has 2 atom stereocenters. The second kappa shape index (κ2) is 10.5. The number of methoxy groups -OCH3 is 1. The Morgan fingerprint density at radius 2 is 1.76 bits per heavy atom. The maximum atomic E-state index is 15.0. The highest BCUT2D eigenvalue weighted by molar-refractivity contribution is 5.85. The third-order valence-corrected chi connectivity index (χ3v) is 4.86. The summed E-state index contributed by atoms with van der Waals surface area (Å²) >= 11 is 0. The van der Waals surface area contributed by atoms with Crippen molar-refractivity contribution in [2.45, 2.75) is 45.2 Å². The second-order valence-corrected chi connectivity index (χ2v) is 8.62. The van der Waals surface area contributed by atoms with Crippen LogP contribution in [-0.2, 0) is 20.8 Å². The Kier molecular flexibility index (Phi) is 7.75. The molecule has 33 heavy (non-hydrogen) atoms. The summed E-state index contributed by atoms with van der Waals surface area (Å²) < 4.78 is 36.8. The van der Waals surface area contributed by atoms with Gasteiger partial charge in [0.05, 0.1) is 18.8 Å². The SMILES string of the molecule is COC1CN(C(=O)OC(C)(C)C)CC1Oc1cccc(NC(=O)OCc2ccccc2)c1F. The lowest BCUT2D eigenvalue weighted by atomic mass is 10.2. The zero-order valence-corrected chi connectivity index (χ0v) is 19.2. The van der Waals surface area contributed by atoms with Crippen LogP contribution in [0.1, 0.15) is 26.3 Å². The summed E-state index contributed by atoms with van der Waals surface area (Å²) in [6.45, 7) is 5.82. The van der Waals surface area contributed by atoms with Crippen LogP contribution < -0.4 is 10.1 Å². The summed E-state index contributed by atoms with van der Waals surface area (Å²) in [4.78, 5) is 26.0. The number of amides is 2. The van der Waals surface area contributed by atoms with Gasteiger partial charge < -0.3 is 23.8 Å². The van der Waals surface area contributed by atoms with Crippen molar-refractivity contribution in [3.05, 3.63) is 59.9 Å². The van der Waals surface area contributed by atoms with Gasteiger partial charge in [0, 0.05) is 7.11 Å². The molecule has 0 saturated carbocycles. The van der Waals surface area contributed by atoms with Gasteiger partial charge in [-0.25, -0.2) is 14.0 Å². The van der Waals surface area contributed by atoms with Crippen molar-refractivity contribution in [3.63, 3.8) is 0 Å². The van der Waals surface area contributed by atoms with E-state index in [-0.39, 0.29) is 31.1 Å². The average Bonchev–Trinajstić information content (AvgIpc) is 3.18. The fourth-order valence-electron chi connectivity index (χ4n) is 3.29. The lowest BCUT2D eigenvalue weighted by Gasteiger charge is -2.24. The standard InChI is InChI=1S/C24H29FN2O6/c1-24(2,3)33-23(29)27-13-19(30-4)20(14-27)32-18-12-8-11-17(21(18)25)26-22(28)31-15-16-9-6-5-7-10-16/h5-12,19-20H,13-15H2,1-4H3,(H,26,28). The Morgan fingerprint density at radius 3 is 2.42 bits per heavy atom. The number of anilines is 1.